The van der Waals surface area contributed by atoms with Crippen LogP contribution in [0.4, 0.5) is 0 Å². The topological polar surface area (TPSA) is 69.9 Å². The lowest BCUT2D eigenvalue weighted by Crippen LogP contribution is -2.64. The summed E-state index contributed by atoms with van der Waals surface area (Å²) in [6.07, 6.45) is -0.910. The van der Waals surface area contributed by atoms with Crippen molar-refractivity contribution in [2.75, 3.05) is 6.61 Å². The minimum Gasteiger partial charge on any atom is -0.390 e. The molecule has 2 rings (SSSR count). The lowest BCUT2D eigenvalue weighted by Gasteiger charge is -2.53. The second-order valence-electron chi connectivity index (χ2n) is 5.04. The van der Waals surface area contributed by atoms with Gasteiger partial charge in [-0.2, -0.15) is 0 Å². The zero-order valence-corrected chi connectivity index (χ0v) is 8.60. The average molecular weight is 202 g/mol. The van der Waals surface area contributed by atoms with Crippen LogP contribution in [-0.4, -0.2) is 39.9 Å². The van der Waals surface area contributed by atoms with E-state index in [1.54, 1.807) is 0 Å². The van der Waals surface area contributed by atoms with Crippen molar-refractivity contribution < 1.29 is 20.1 Å². The van der Waals surface area contributed by atoms with Crippen LogP contribution in [0.3, 0.4) is 0 Å². The third-order valence-corrected chi connectivity index (χ3v) is 3.54. The third kappa shape index (κ3) is 1.08. The molecule has 14 heavy (non-hydrogen) atoms. The molecule has 0 aromatic heterocycles. The van der Waals surface area contributed by atoms with Crippen molar-refractivity contribution in [1.82, 2.24) is 0 Å². The van der Waals surface area contributed by atoms with Crippen LogP contribution in [0.2, 0.25) is 0 Å². The van der Waals surface area contributed by atoms with E-state index in [9.17, 15) is 15.3 Å². The van der Waals surface area contributed by atoms with Crippen LogP contribution in [0, 0.1) is 11.3 Å². The standard InChI is InChI=1S/C10H18O4/c1-6(2)3-9-5-14-10(9,13)4-7(11)8(9)12/h6-8,11-13H,3-5H2,1-2H3/t7-,8?,9?,10?/m1/s1. The number of rotatable bonds is 2. The molecule has 1 aliphatic carbocycles. The first-order valence-electron chi connectivity index (χ1n) is 5.14. The summed E-state index contributed by atoms with van der Waals surface area (Å²) in [5, 5.41) is 29.4. The Kier molecular flexibility index (Phi) is 2.16. The molecule has 4 atom stereocenters. The Bertz CT molecular complexity index is 242. The predicted octanol–water partition coefficient (Wildman–Crippen LogP) is -0.137. The first kappa shape index (κ1) is 10.4. The smallest absolute Gasteiger partial charge is 0.178 e. The van der Waals surface area contributed by atoms with Gasteiger partial charge in [-0.3, -0.25) is 0 Å². The maximum Gasteiger partial charge on any atom is 0.178 e. The van der Waals surface area contributed by atoms with E-state index in [2.05, 4.69) is 0 Å². The summed E-state index contributed by atoms with van der Waals surface area (Å²) in [5.41, 5.74) is -0.638. The number of hydrogen-bond donors (Lipinski definition) is 3. The van der Waals surface area contributed by atoms with Gasteiger partial charge in [0.25, 0.3) is 0 Å². The van der Waals surface area contributed by atoms with Gasteiger partial charge in [0.05, 0.1) is 24.2 Å². The summed E-state index contributed by atoms with van der Waals surface area (Å²) in [7, 11) is 0. The van der Waals surface area contributed by atoms with Gasteiger partial charge in [-0.05, 0) is 12.3 Å². The van der Waals surface area contributed by atoms with Gasteiger partial charge >= 0.3 is 0 Å². The van der Waals surface area contributed by atoms with Gasteiger partial charge in [-0.25, -0.2) is 0 Å². The van der Waals surface area contributed by atoms with Crippen molar-refractivity contribution in [3.8, 4) is 0 Å². The summed E-state index contributed by atoms with van der Waals surface area (Å²) in [6.45, 7) is 4.41. The van der Waals surface area contributed by atoms with Gasteiger partial charge in [-0.15, -0.1) is 0 Å². The molecule has 4 heteroatoms. The highest BCUT2D eigenvalue weighted by atomic mass is 16.7. The molecule has 3 unspecified atom stereocenters. The molecule has 0 aromatic carbocycles. The van der Waals surface area contributed by atoms with E-state index >= 15 is 0 Å². The molecule has 1 heterocycles. The zero-order valence-electron chi connectivity index (χ0n) is 8.60. The average Bonchev–Trinajstić information content (AvgIpc) is 2.19. The van der Waals surface area contributed by atoms with E-state index in [4.69, 9.17) is 4.74 Å². The fourth-order valence-electron chi connectivity index (χ4n) is 2.83. The molecule has 1 saturated heterocycles. The molecule has 2 fully saturated rings. The van der Waals surface area contributed by atoms with Crippen molar-refractivity contribution in [1.29, 1.82) is 0 Å². The maximum atomic E-state index is 10.0. The van der Waals surface area contributed by atoms with Crippen LogP contribution >= 0.6 is 0 Å². The highest BCUT2D eigenvalue weighted by Gasteiger charge is 2.70. The molecule has 3 N–H and O–H groups in total. The monoisotopic (exact) mass is 202 g/mol. The van der Waals surface area contributed by atoms with Crippen molar-refractivity contribution in [3.05, 3.63) is 0 Å². The maximum absolute atomic E-state index is 10.0. The van der Waals surface area contributed by atoms with Crippen LogP contribution in [0.25, 0.3) is 0 Å². The van der Waals surface area contributed by atoms with Gasteiger partial charge in [-0.1, -0.05) is 13.8 Å². The van der Waals surface area contributed by atoms with E-state index in [-0.39, 0.29) is 6.42 Å². The lowest BCUT2D eigenvalue weighted by atomic mass is 9.70. The highest BCUT2D eigenvalue weighted by Crippen LogP contribution is 2.58. The molecule has 4 nitrogen and oxygen atoms in total. The zero-order chi connectivity index (χ0) is 10.6. The SMILES string of the molecule is CC(C)CC12COC1(O)C[C@@H](O)C2O. The number of aliphatic hydroxyl groups excluding tert-OH is 2. The second kappa shape index (κ2) is 2.92. The van der Waals surface area contributed by atoms with Crippen molar-refractivity contribution in [3.63, 3.8) is 0 Å². The first-order chi connectivity index (χ1) is 6.41. The van der Waals surface area contributed by atoms with Gasteiger partial charge in [0.15, 0.2) is 5.79 Å². The van der Waals surface area contributed by atoms with Crippen LogP contribution < -0.4 is 0 Å². The minimum absolute atomic E-state index is 0.126. The summed E-state index contributed by atoms with van der Waals surface area (Å²) < 4.78 is 5.12. The molecule has 0 aromatic rings. The normalized spacial score (nSPS) is 51.9. The number of hydrogen-bond acceptors (Lipinski definition) is 4. The highest BCUT2D eigenvalue weighted by molar-refractivity contribution is 5.13. The summed E-state index contributed by atoms with van der Waals surface area (Å²) in [6, 6.07) is 0. The summed E-state index contributed by atoms with van der Waals surface area (Å²) >= 11 is 0. The van der Waals surface area contributed by atoms with E-state index in [1.807, 2.05) is 13.8 Å². The van der Waals surface area contributed by atoms with Crippen molar-refractivity contribution in [2.24, 2.45) is 11.3 Å². The van der Waals surface area contributed by atoms with Gasteiger partial charge in [0, 0.05) is 6.42 Å². The Morgan fingerprint density at radius 3 is 2.43 bits per heavy atom. The molecule has 2 aliphatic rings. The van der Waals surface area contributed by atoms with Gasteiger partial charge < -0.3 is 20.1 Å². The summed E-state index contributed by atoms with van der Waals surface area (Å²) in [5.74, 6) is -0.929. The molecule has 0 bridgehead atoms. The summed E-state index contributed by atoms with van der Waals surface area (Å²) in [4.78, 5) is 0. The fraction of sp³-hybridized carbons (Fsp3) is 1.00. The van der Waals surface area contributed by atoms with Crippen LogP contribution in [-0.2, 0) is 4.74 Å². The van der Waals surface area contributed by atoms with Gasteiger partial charge in [0.1, 0.15) is 0 Å². The molecule has 0 radical (unpaired) electrons. The Morgan fingerprint density at radius 1 is 1.43 bits per heavy atom. The van der Waals surface area contributed by atoms with Gasteiger partial charge in [0.2, 0.25) is 0 Å². The van der Waals surface area contributed by atoms with E-state index in [0.29, 0.717) is 18.9 Å². The minimum atomic E-state index is -1.30. The predicted molar refractivity (Wildman–Crippen MR) is 49.4 cm³/mol. The molecule has 0 amide bonds. The number of aliphatic hydroxyl groups is 3. The lowest BCUT2D eigenvalue weighted by molar-refractivity contribution is -0.377. The molecule has 1 saturated carbocycles. The van der Waals surface area contributed by atoms with Crippen LogP contribution in [0.1, 0.15) is 26.7 Å². The molecule has 82 valence electrons. The number of ether oxygens (including phenoxy) is 1. The van der Waals surface area contributed by atoms with Crippen molar-refractivity contribution >= 4 is 0 Å². The van der Waals surface area contributed by atoms with E-state index < -0.39 is 23.4 Å². The number of fused-ring (bicyclic) bond motifs is 1. The second-order valence-corrected chi connectivity index (χ2v) is 5.04. The Hall–Kier alpha value is -0.160. The van der Waals surface area contributed by atoms with Crippen LogP contribution in [0.5, 0.6) is 0 Å². The quantitative estimate of drug-likeness (QED) is 0.583. The molecular weight excluding hydrogens is 184 g/mol. The molecular formula is C10H18O4. The Labute approximate surface area is 83.5 Å². The van der Waals surface area contributed by atoms with E-state index in [0.717, 1.165) is 0 Å². The molecule has 1 aliphatic heterocycles. The Morgan fingerprint density at radius 2 is 2.07 bits per heavy atom. The van der Waals surface area contributed by atoms with Crippen molar-refractivity contribution in [2.45, 2.75) is 44.7 Å². The first-order valence-corrected chi connectivity index (χ1v) is 5.14. The third-order valence-electron chi connectivity index (χ3n) is 3.54. The molecule has 0 spiro atoms. The largest absolute Gasteiger partial charge is 0.390 e. The fourth-order valence-corrected chi connectivity index (χ4v) is 2.83. The van der Waals surface area contributed by atoms with Crippen LogP contribution in [0.15, 0.2) is 0 Å². The van der Waals surface area contributed by atoms with E-state index in [1.165, 1.54) is 0 Å². The Balaban J connectivity index is 2.23.